The molecule has 7 heteroatoms. The molecule has 6 nitrogen and oxygen atoms in total. The summed E-state index contributed by atoms with van der Waals surface area (Å²) < 4.78 is 11.4. The lowest BCUT2D eigenvalue weighted by Crippen LogP contribution is -1.97. The van der Waals surface area contributed by atoms with E-state index in [0.29, 0.717) is 18.6 Å². The Balaban J connectivity index is 1.73. The highest BCUT2D eigenvalue weighted by Gasteiger charge is 2.16. The maximum absolute atomic E-state index is 11.2. The summed E-state index contributed by atoms with van der Waals surface area (Å²) in [6, 6.07) is 10.9. The normalized spacial score (nSPS) is 13.4. The second-order valence-corrected chi connectivity index (χ2v) is 6.64. The molecule has 0 saturated heterocycles. The first-order valence-electron chi connectivity index (χ1n) is 7.81. The first kappa shape index (κ1) is 15.7. The predicted octanol–water partition coefficient (Wildman–Crippen LogP) is 4.46. The first-order chi connectivity index (χ1) is 12.2. The van der Waals surface area contributed by atoms with Crippen molar-refractivity contribution in [1.82, 2.24) is 4.98 Å². The summed E-state index contributed by atoms with van der Waals surface area (Å²) in [6.45, 7) is 1.28. The molecule has 4 rings (SSSR count). The van der Waals surface area contributed by atoms with Gasteiger partial charge in [-0.2, -0.15) is 0 Å². The van der Waals surface area contributed by atoms with Gasteiger partial charge in [-0.15, -0.1) is 0 Å². The van der Waals surface area contributed by atoms with Gasteiger partial charge in [0.15, 0.2) is 11.5 Å². The molecule has 0 radical (unpaired) electrons. The molecule has 0 N–H and O–H groups in total. The van der Waals surface area contributed by atoms with Gasteiger partial charge in [-0.25, -0.2) is 0 Å². The van der Waals surface area contributed by atoms with Gasteiger partial charge >= 0.3 is 0 Å². The lowest BCUT2D eigenvalue weighted by molar-refractivity contribution is -0.383. The minimum atomic E-state index is -0.383. The molecule has 1 aromatic heterocycles. The molecule has 2 heterocycles. The smallest absolute Gasteiger partial charge is 0.278 e. The number of hydrogen-bond acceptors (Lipinski definition) is 6. The molecule has 0 unspecified atom stereocenters. The van der Waals surface area contributed by atoms with Crippen LogP contribution < -0.4 is 9.47 Å². The summed E-state index contributed by atoms with van der Waals surface area (Å²) in [5.74, 6) is 1.48. The molecule has 0 spiro atoms. The van der Waals surface area contributed by atoms with Gasteiger partial charge in [0.2, 0.25) is 0 Å². The molecule has 0 fully saturated rings. The first-order valence-corrected chi connectivity index (χ1v) is 8.62. The average molecular weight is 354 g/mol. The maximum atomic E-state index is 11.2. The zero-order valence-electron chi connectivity index (χ0n) is 13.2. The number of nitro groups is 1. The van der Waals surface area contributed by atoms with Crippen molar-refractivity contribution in [3.05, 3.63) is 58.9 Å². The van der Waals surface area contributed by atoms with Crippen LogP contribution in [0.3, 0.4) is 0 Å². The van der Waals surface area contributed by atoms with Gasteiger partial charge in [-0.1, -0.05) is 11.8 Å². The third-order valence-corrected chi connectivity index (χ3v) is 4.96. The fourth-order valence-electron chi connectivity index (χ4n) is 2.73. The Hall–Kier alpha value is -2.80. The topological polar surface area (TPSA) is 74.5 Å². The van der Waals surface area contributed by atoms with Gasteiger partial charge in [0.1, 0.15) is 0 Å². The summed E-state index contributed by atoms with van der Waals surface area (Å²) in [5, 5.41) is 12.6. The van der Waals surface area contributed by atoms with Crippen LogP contribution in [0.4, 0.5) is 5.69 Å². The Morgan fingerprint density at radius 3 is 2.72 bits per heavy atom. The Labute approximate surface area is 147 Å². The van der Waals surface area contributed by atoms with Gasteiger partial charge in [-0.3, -0.25) is 15.1 Å². The van der Waals surface area contributed by atoms with E-state index in [4.69, 9.17) is 9.47 Å². The third-order valence-electron chi connectivity index (χ3n) is 3.90. The van der Waals surface area contributed by atoms with Gasteiger partial charge < -0.3 is 9.47 Å². The molecular weight excluding hydrogens is 340 g/mol. The molecule has 0 amide bonds. The molecule has 3 aromatic rings. The standard InChI is InChI=1S/C18H14N2O4S/c21-20(22)15-3-5-18(13-6-7-19-11-14(13)15)25-12-2-4-16-17(10-12)24-9-1-8-23-16/h2-7,10-11H,1,8-9H2. The van der Waals surface area contributed by atoms with Crippen LogP contribution in [0.25, 0.3) is 10.8 Å². The van der Waals surface area contributed by atoms with Gasteiger partial charge in [0, 0.05) is 40.1 Å². The maximum Gasteiger partial charge on any atom is 0.278 e. The molecule has 0 bridgehead atoms. The average Bonchev–Trinajstić information content (AvgIpc) is 2.86. The van der Waals surface area contributed by atoms with Crippen molar-refractivity contribution in [3.63, 3.8) is 0 Å². The number of pyridine rings is 1. The summed E-state index contributed by atoms with van der Waals surface area (Å²) in [6.07, 6.45) is 4.03. The van der Waals surface area contributed by atoms with Gasteiger partial charge in [0.05, 0.1) is 23.5 Å². The van der Waals surface area contributed by atoms with Crippen LogP contribution in [0.15, 0.2) is 58.6 Å². The van der Waals surface area contributed by atoms with Crippen molar-refractivity contribution in [2.24, 2.45) is 0 Å². The quantitative estimate of drug-likeness (QED) is 0.511. The second-order valence-electron chi connectivity index (χ2n) is 5.52. The van der Waals surface area contributed by atoms with E-state index >= 15 is 0 Å². The van der Waals surface area contributed by atoms with E-state index in [1.54, 1.807) is 18.3 Å². The van der Waals surface area contributed by atoms with Crippen LogP contribution in [-0.4, -0.2) is 23.1 Å². The number of fused-ring (bicyclic) bond motifs is 2. The van der Waals surface area contributed by atoms with E-state index in [-0.39, 0.29) is 10.6 Å². The number of rotatable bonds is 3. The molecule has 1 aliphatic heterocycles. The lowest BCUT2D eigenvalue weighted by Gasteiger charge is -2.10. The minimum absolute atomic E-state index is 0.0612. The van der Waals surface area contributed by atoms with E-state index < -0.39 is 0 Å². The van der Waals surface area contributed by atoms with Crippen molar-refractivity contribution in [2.75, 3.05) is 13.2 Å². The largest absolute Gasteiger partial charge is 0.490 e. The fraction of sp³-hybridized carbons (Fsp3) is 0.167. The molecule has 25 heavy (non-hydrogen) atoms. The molecule has 0 aliphatic carbocycles. The van der Waals surface area contributed by atoms with Crippen LogP contribution >= 0.6 is 11.8 Å². The van der Waals surface area contributed by atoms with Crippen molar-refractivity contribution >= 4 is 28.2 Å². The highest BCUT2D eigenvalue weighted by molar-refractivity contribution is 7.99. The molecular formula is C18H14N2O4S. The Morgan fingerprint density at radius 2 is 1.88 bits per heavy atom. The van der Waals surface area contributed by atoms with Crippen LogP contribution in [0, 0.1) is 10.1 Å². The van der Waals surface area contributed by atoms with E-state index in [0.717, 1.165) is 33.1 Å². The van der Waals surface area contributed by atoms with Crippen LogP contribution in [0.1, 0.15) is 6.42 Å². The van der Waals surface area contributed by atoms with Crippen molar-refractivity contribution < 1.29 is 14.4 Å². The predicted molar refractivity (Wildman–Crippen MR) is 94.6 cm³/mol. The number of nitrogens with zero attached hydrogens (tertiary/aromatic N) is 2. The second kappa shape index (κ2) is 6.60. The SMILES string of the molecule is O=[N+]([O-])c1ccc(Sc2ccc3c(c2)OCCCO3)c2ccncc12. The zero-order chi connectivity index (χ0) is 17.2. The number of non-ortho nitro benzene ring substituents is 1. The van der Waals surface area contributed by atoms with E-state index in [1.807, 2.05) is 18.2 Å². The van der Waals surface area contributed by atoms with Crippen LogP contribution in [0.2, 0.25) is 0 Å². The number of hydrogen-bond donors (Lipinski definition) is 0. The molecule has 2 aromatic carbocycles. The van der Waals surface area contributed by atoms with Crippen LogP contribution in [0.5, 0.6) is 11.5 Å². The molecule has 1 aliphatic rings. The highest BCUT2D eigenvalue weighted by Crippen LogP contribution is 2.40. The summed E-state index contributed by atoms with van der Waals surface area (Å²) in [4.78, 5) is 16.8. The number of aromatic nitrogens is 1. The minimum Gasteiger partial charge on any atom is -0.490 e. The van der Waals surface area contributed by atoms with Gasteiger partial charge in [0.25, 0.3) is 5.69 Å². The van der Waals surface area contributed by atoms with Crippen molar-refractivity contribution in [2.45, 2.75) is 16.2 Å². The molecule has 126 valence electrons. The number of ether oxygens (including phenoxy) is 2. The summed E-state index contributed by atoms with van der Waals surface area (Å²) in [5.41, 5.74) is 0.0612. The fourth-order valence-corrected chi connectivity index (χ4v) is 3.71. The Morgan fingerprint density at radius 1 is 1.04 bits per heavy atom. The monoisotopic (exact) mass is 354 g/mol. The number of nitro benzene ring substituents is 1. The number of benzene rings is 2. The summed E-state index contributed by atoms with van der Waals surface area (Å²) in [7, 11) is 0. The highest BCUT2D eigenvalue weighted by atomic mass is 32.2. The molecule has 0 saturated carbocycles. The Kier molecular flexibility index (Phi) is 4.15. The van der Waals surface area contributed by atoms with Crippen molar-refractivity contribution in [3.8, 4) is 11.5 Å². The lowest BCUT2D eigenvalue weighted by atomic mass is 10.1. The molecule has 0 atom stereocenters. The van der Waals surface area contributed by atoms with Gasteiger partial charge in [-0.05, 0) is 30.3 Å². The van der Waals surface area contributed by atoms with Crippen molar-refractivity contribution in [1.29, 1.82) is 0 Å². The van der Waals surface area contributed by atoms with E-state index in [2.05, 4.69) is 4.98 Å². The van der Waals surface area contributed by atoms with E-state index in [9.17, 15) is 10.1 Å². The van der Waals surface area contributed by atoms with E-state index in [1.165, 1.54) is 24.0 Å². The van der Waals surface area contributed by atoms with Crippen LogP contribution in [-0.2, 0) is 0 Å². The summed E-state index contributed by atoms with van der Waals surface area (Å²) >= 11 is 1.53. The third kappa shape index (κ3) is 3.10. The Bertz CT molecular complexity index is 961. The zero-order valence-corrected chi connectivity index (χ0v) is 14.0.